The minimum Gasteiger partial charge on any atom is -0.363 e. The summed E-state index contributed by atoms with van der Waals surface area (Å²) in [4.78, 5) is 24.1. The molecular formula is C23H15F3N8O2. The van der Waals surface area contributed by atoms with Gasteiger partial charge in [-0.2, -0.15) is 23.5 Å². The van der Waals surface area contributed by atoms with Gasteiger partial charge in [-0.25, -0.2) is 9.97 Å². The Morgan fingerprint density at radius 2 is 2.11 bits per heavy atom. The Balaban J connectivity index is 1.54. The number of aromatic nitrogens is 6. The summed E-state index contributed by atoms with van der Waals surface area (Å²) in [5.74, 6) is -2.46. The number of nitrogens with one attached hydrogen (secondary N) is 1. The quantitative estimate of drug-likeness (QED) is 0.368. The summed E-state index contributed by atoms with van der Waals surface area (Å²) in [5.41, 5.74) is 2.31. The second-order valence-corrected chi connectivity index (χ2v) is 7.64. The highest BCUT2D eigenvalue weighted by Gasteiger charge is 2.44. The van der Waals surface area contributed by atoms with Crippen molar-refractivity contribution < 1.29 is 22.5 Å². The molecule has 180 valence electrons. The van der Waals surface area contributed by atoms with E-state index in [-0.39, 0.29) is 17.9 Å². The molecule has 0 aliphatic rings. The van der Waals surface area contributed by atoms with E-state index in [1.807, 2.05) is 6.07 Å². The van der Waals surface area contributed by atoms with Gasteiger partial charge in [-0.1, -0.05) is 17.3 Å². The highest BCUT2D eigenvalue weighted by atomic mass is 19.4. The van der Waals surface area contributed by atoms with Gasteiger partial charge in [0.2, 0.25) is 0 Å². The summed E-state index contributed by atoms with van der Waals surface area (Å²) < 4.78 is 46.2. The Labute approximate surface area is 200 Å². The van der Waals surface area contributed by atoms with Crippen LogP contribution in [0, 0.1) is 11.3 Å². The van der Waals surface area contributed by atoms with E-state index in [1.165, 1.54) is 29.2 Å². The SMILES string of the molecule is N#CCC(c1cccc(N(C(=O)C(F)(F)F)c2ccon2)c1)n1cc(-c2ncnc3[nH]ccc23)cn1. The average molecular weight is 492 g/mol. The molecule has 0 saturated carbocycles. The van der Waals surface area contributed by atoms with Crippen LogP contribution in [0.4, 0.5) is 24.7 Å². The highest BCUT2D eigenvalue weighted by molar-refractivity contribution is 6.02. The van der Waals surface area contributed by atoms with E-state index < -0.39 is 18.1 Å². The van der Waals surface area contributed by atoms with Crippen LogP contribution in [0.2, 0.25) is 0 Å². The van der Waals surface area contributed by atoms with Crippen LogP contribution >= 0.6 is 0 Å². The molecule has 0 aliphatic heterocycles. The number of benzene rings is 1. The van der Waals surface area contributed by atoms with Crippen molar-refractivity contribution in [3.63, 3.8) is 0 Å². The molecule has 0 saturated heterocycles. The maximum Gasteiger partial charge on any atom is 0.472 e. The maximum atomic E-state index is 13.4. The summed E-state index contributed by atoms with van der Waals surface area (Å²) in [6.45, 7) is 0. The topological polar surface area (TPSA) is 130 Å². The van der Waals surface area contributed by atoms with Crippen LogP contribution in [-0.2, 0) is 4.79 Å². The molecule has 1 unspecified atom stereocenters. The predicted molar refractivity (Wildman–Crippen MR) is 120 cm³/mol. The minimum atomic E-state index is -5.15. The molecule has 5 aromatic rings. The number of alkyl halides is 3. The van der Waals surface area contributed by atoms with E-state index in [4.69, 9.17) is 0 Å². The van der Waals surface area contributed by atoms with Gasteiger partial charge < -0.3 is 9.51 Å². The van der Waals surface area contributed by atoms with Gasteiger partial charge in [0.1, 0.15) is 18.2 Å². The number of anilines is 2. The third-order valence-electron chi connectivity index (χ3n) is 5.44. The van der Waals surface area contributed by atoms with Gasteiger partial charge in [0.25, 0.3) is 0 Å². The Morgan fingerprint density at radius 1 is 1.25 bits per heavy atom. The number of fused-ring (bicyclic) bond motifs is 1. The van der Waals surface area contributed by atoms with Crippen molar-refractivity contribution in [2.75, 3.05) is 4.90 Å². The van der Waals surface area contributed by atoms with Gasteiger partial charge in [0, 0.05) is 29.4 Å². The number of halogens is 3. The molecule has 0 spiro atoms. The van der Waals surface area contributed by atoms with E-state index in [0.717, 1.165) is 17.7 Å². The lowest BCUT2D eigenvalue weighted by Crippen LogP contribution is -2.38. The zero-order chi connectivity index (χ0) is 25.3. The van der Waals surface area contributed by atoms with Crippen molar-refractivity contribution in [1.82, 2.24) is 29.9 Å². The fourth-order valence-electron chi connectivity index (χ4n) is 3.86. The Morgan fingerprint density at radius 3 is 2.86 bits per heavy atom. The van der Waals surface area contributed by atoms with E-state index in [9.17, 15) is 23.2 Å². The third-order valence-corrected chi connectivity index (χ3v) is 5.44. The van der Waals surface area contributed by atoms with E-state index in [0.29, 0.717) is 27.4 Å². The number of nitriles is 1. The van der Waals surface area contributed by atoms with Crippen LogP contribution in [0.15, 0.2) is 72.1 Å². The number of aromatic amines is 1. The number of rotatable bonds is 6. The van der Waals surface area contributed by atoms with Crippen molar-refractivity contribution >= 4 is 28.4 Å². The smallest absolute Gasteiger partial charge is 0.363 e. The predicted octanol–water partition coefficient (Wildman–Crippen LogP) is 4.54. The van der Waals surface area contributed by atoms with E-state index in [1.54, 1.807) is 24.7 Å². The molecule has 13 heteroatoms. The number of H-pyrrole nitrogens is 1. The van der Waals surface area contributed by atoms with Crippen LogP contribution < -0.4 is 4.90 Å². The average Bonchev–Trinajstić information content (AvgIpc) is 3.64. The second kappa shape index (κ2) is 8.99. The summed E-state index contributed by atoms with van der Waals surface area (Å²) in [6, 6.07) is 10.2. The highest BCUT2D eigenvalue weighted by Crippen LogP contribution is 2.33. The monoisotopic (exact) mass is 492 g/mol. The van der Waals surface area contributed by atoms with Gasteiger partial charge in [-0.3, -0.25) is 14.4 Å². The first kappa shape index (κ1) is 22.8. The molecule has 4 heterocycles. The van der Waals surface area contributed by atoms with E-state index >= 15 is 0 Å². The first-order chi connectivity index (χ1) is 17.4. The second-order valence-electron chi connectivity index (χ2n) is 7.64. The third kappa shape index (κ3) is 4.16. The molecule has 4 aromatic heterocycles. The molecular weight excluding hydrogens is 477 g/mol. The molecule has 1 amide bonds. The molecule has 0 bridgehead atoms. The van der Waals surface area contributed by atoms with Crippen LogP contribution in [0.3, 0.4) is 0 Å². The first-order valence-electron chi connectivity index (χ1n) is 10.5. The molecule has 1 aromatic carbocycles. The summed E-state index contributed by atoms with van der Waals surface area (Å²) >= 11 is 0. The standard InChI is InChI=1S/C23H15F3N8O2/c24-23(25,26)22(35)34(19-6-9-36-32-19)16-3-1-2-14(10-16)18(4-7-27)33-12-15(11-31-33)20-17-5-8-28-21(17)30-13-29-20/h1-3,5-6,8-13,18H,4H2,(H,28,29,30). The molecule has 10 nitrogen and oxygen atoms in total. The molecule has 0 fully saturated rings. The molecule has 5 rings (SSSR count). The lowest BCUT2D eigenvalue weighted by molar-refractivity contribution is -0.169. The number of amides is 1. The van der Waals surface area contributed by atoms with Crippen LogP contribution in [-0.4, -0.2) is 42.0 Å². The summed E-state index contributed by atoms with van der Waals surface area (Å²) in [5, 5.41) is 18.1. The number of carbonyl (C=O) groups is 1. The van der Waals surface area contributed by atoms with Crippen molar-refractivity contribution in [2.45, 2.75) is 18.6 Å². The molecule has 1 atom stereocenters. The van der Waals surface area contributed by atoms with Gasteiger partial charge >= 0.3 is 12.1 Å². The van der Waals surface area contributed by atoms with Crippen molar-refractivity contribution in [3.05, 3.63) is 73.1 Å². The van der Waals surface area contributed by atoms with Crippen LogP contribution in [0.1, 0.15) is 18.0 Å². The Bertz CT molecular complexity index is 1570. The molecule has 0 radical (unpaired) electrons. The first-order valence-corrected chi connectivity index (χ1v) is 10.5. The van der Waals surface area contributed by atoms with Gasteiger partial charge in [0.15, 0.2) is 5.82 Å². The molecule has 1 N–H and O–H groups in total. The lowest BCUT2D eigenvalue weighted by Gasteiger charge is -2.23. The molecule has 0 aliphatic carbocycles. The summed E-state index contributed by atoms with van der Waals surface area (Å²) in [6.07, 6.45) is 2.30. The zero-order valence-electron chi connectivity index (χ0n) is 18.2. The minimum absolute atomic E-state index is 0.0366. The van der Waals surface area contributed by atoms with Gasteiger partial charge in [-0.15, -0.1) is 0 Å². The normalized spacial score (nSPS) is 12.4. The van der Waals surface area contributed by atoms with Crippen molar-refractivity contribution in [3.8, 4) is 17.3 Å². The number of hydrogen-bond donors (Lipinski definition) is 1. The lowest BCUT2D eigenvalue weighted by atomic mass is 10.0. The number of hydrogen-bond acceptors (Lipinski definition) is 7. The maximum absolute atomic E-state index is 13.4. The Kier molecular flexibility index (Phi) is 5.69. The zero-order valence-corrected chi connectivity index (χ0v) is 18.2. The fourth-order valence-corrected chi connectivity index (χ4v) is 3.86. The van der Waals surface area contributed by atoms with Crippen molar-refractivity contribution in [1.29, 1.82) is 5.26 Å². The summed E-state index contributed by atoms with van der Waals surface area (Å²) in [7, 11) is 0. The van der Waals surface area contributed by atoms with Crippen LogP contribution in [0.5, 0.6) is 0 Å². The van der Waals surface area contributed by atoms with E-state index in [2.05, 4.69) is 35.8 Å². The van der Waals surface area contributed by atoms with Crippen LogP contribution in [0.25, 0.3) is 22.3 Å². The Hall–Kier alpha value is -4.99. The number of carbonyl (C=O) groups excluding carboxylic acids is 1. The van der Waals surface area contributed by atoms with Crippen molar-refractivity contribution in [2.24, 2.45) is 0 Å². The van der Waals surface area contributed by atoms with Gasteiger partial charge in [-0.05, 0) is 23.8 Å². The number of nitrogens with zero attached hydrogens (tertiary/aromatic N) is 7. The largest absolute Gasteiger partial charge is 0.472 e. The fraction of sp³-hybridized carbons (Fsp3) is 0.130. The molecule has 36 heavy (non-hydrogen) atoms. The van der Waals surface area contributed by atoms with Gasteiger partial charge in [0.05, 0.1) is 36.1 Å².